The normalized spacial score (nSPS) is 9.41. The molecule has 2 aromatic carbocycles. The first-order valence-corrected chi connectivity index (χ1v) is 8.21. The fourth-order valence-corrected chi connectivity index (χ4v) is 2.55. The van der Waals surface area contributed by atoms with Crippen LogP contribution in [0.25, 0.3) is 0 Å². The van der Waals surface area contributed by atoms with Gasteiger partial charge in [0.15, 0.2) is 5.78 Å². The summed E-state index contributed by atoms with van der Waals surface area (Å²) in [7, 11) is 0. The molecule has 0 bridgehead atoms. The Bertz CT molecular complexity index is 1120. The summed E-state index contributed by atoms with van der Waals surface area (Å²) in [6.45, 7) is 0. The Kier molecular flexibility index (Phi) is 6.68. The monoisotopic (exact) mass is 386 g/mol. The van der Waals surface area contributed by atoms with Gasteiger partial charge in [0.1, 0.15) is 0 Å². The highest BCUT2D eigenvalue weighted by Crippen LogP contribution is 2.29. The Labute approximate surface area is 166 Å². The lowest BCUT2D eigenvalue weighted by molar-refractivity contribution is -0.115. The molecule has 2 aromatic rings. The van der Waals surface area contributed by atoms with E-state index in [0.29, 0.717) is 5.56 Å². The maximum Gasteiger partial charge on any atom is 0.409 e. The minimum absolute atomic E-state index is 0.00882. The van der Waals surface area contributed by atoms with E-state index in [1.54, 1.807) is 0 Å². The predicted octanol–water partition coefficient (Wildman–Crippen LogP) is 2.91. The summed E-state index contributed by atoms with van der Waals surface area (Å²) in [6, 6.07) is 12.6. The largest absolute Gasteiger partial charge is 0.465 e. The van der Waals surface area contributed by atoms with Crippen LogP contribution in [0.4, 0.5) is 16.2 Å². The van der Waals surface area contributed by atoms with Gasteiger partial charge in [-0.3, -0.25) is 14.9 Å². The zero-order valence-electron chi connectivity index (χ0n) is 15.0. The first kappa shape index (κ1) is 20.7. The van der Waals surface area contributed by atoms with Crippen molar-refractivity contribution in [3.8, 4) is 24.5 Å². The van der Waals surface area contributed by atoms with Crippen molar-refractivity contribution in [2.45, 2.75) is 12.8 Å². The molecule has 0 saturated heterocycles. The van der Waals surface area contributed by atoms with Crippen LogP contribution in [0.3, 0.4) is 0 Å². The Morgan fingerprint density at radius 2 is 1.86 bits per heavy atom. The number of Topliss-reactive ketones (excluding diaryl/α,β-unsaturated/α-hetero) is 1. The van der Waals surface area contributed by atoms with Gasteiger partial charge in [0.05, 0.1) is 47.5 Å². The highest BCUT2D eigenvalue weighted by Gasteiger charge is 2.18. The van der Waals surface area contributed by atoms with Crippen molar-refractivity contribution in [1.29, 1.82) is 10.5 Å². The lowest BCUT2D eigenvalue weighted by Crippen LogP contribution is -2.19. The Morgan fingerprint density at radius 1 is 1.10 bits per heavy atom. The van der Waals surface area contributed by atoms with Crippen molar-refractivity contribution < 1.29 is 19.5 Å². The van der Waals surface area contributed by atoms with Crippen LogP contribution in [-0.4, -0.2) is 22.9 Å². The van der Waals surface area contributed by atoms with Gasteiger partial charge in [0.2, 0.25) is 5.91 Å². The molecule has 142 valence electrons. The highest BCUT2D eigenvalue weighted by atomic mass is 16.4. The summed E-state index contributed by atoms with van der Waals surface area (Å²) in [5.74, 6) is 1.10. The molecule has 0 aliphatic heterocycles. The number of nitriles is 2. The minimum atomic E-state index is -1.39. The van der Waals surface area contributed by atoms with Crippen LogP contribution in [0, 0.1) is 35.0 Å². The molecule has 8 heteroatoms. The molecule has 0 unspecified atom stereocenters. The van der Waals surface area contributed by atoms with Crippen LogP contribution >= 0.6 is 0 Å². The van der Waals surface area contributed by atoms with Crippen molar-refractivity contribution in [1.82, 2.24) is 0 Å². The van der Waals surface area contributed by atoms with Gasteiger partial charge < -0.3 is 10.4 Å². The summed E-state index contributed by atoms with van der Waals surface area (Å²) in [5.41, 5.74) is 1.11. The molecule has 0 spiro atoms. The molecule has 0 heterocycles. The maximum absolute atomic E-state index is 12.4. The van der Waals surface area contributed by atoms with E-state index in [1.165, 1.54) is 36.4 Å². The van der Waals surface area contributed by atoms with Gasteiger partial charge in [-0.2, -0.15) is 10.5 Å². The maximum atomic E-state index is 12.4. The fraction of sp³-hybridized carbons (Fsp3) is 0.0952. The van der Waals surface area contributed by atoms with Crippen molar-refractivity contribution in [3.63, 3.8) is 0 Å². The van der Waals surface area contributed by atoms with Crippen LogP contribution in [0.5, 0.6) is 0 Å². The minimum Gasteiger partial charge on any atom is -0.465 e. The number of anilines is 2. The van der Waals surface area contributed by atoms with Gasteiger partial charge in [-0.1, -0.05) is 18.1 Å². The van der Waals surface area contributed by atoms with Crippen LogP contribution in [0.15, 0.2) is 36.4 Å². The number of benzene rings is 2. The van der Waals surface area contributed by atoms with E-state index >= 15 is 0 Å². The van der Waals surface area contributed by atoms with Gasteiger partial charge in [-0.05, 0) is 29.8 Å². The Morgan fingerprint density at radius 3 is 2.48 bits per heavy atom. The zero-order valence-corrected chi connectivity index (χ0v) is 15.0. The zero-order chi connectivity index (χ0) is 21.4. The van der Waals surface area contributed by atoms with Crippen LogP contribution < -0.4 is 10.6 Å². The first-order valence-electron chi connectivity index (χ1n) is 8.21. The predicted molar refractivity (Wildman–Crippen MR) is 104 cm³/mol. The van der Waals surface area contributed by atoms with E-state index in [9.17, 15) is 14.4 Å². The smallest absolute Gasteiger partial charge is 0.409 e. The van der Waals surface area contributed by atoms with Crippen molar-refractivity contribution in [3.05, 3.63) is 58.7 Å². The summed E-state index contributed by atoms with van der Waals surface area (Å²) in [4.78, 5) is 35.8. The number of carbonyl (C=O) groups excluding carboxylic acids is 2. The Hall–Kier alpha value is -4.61. The molecule has 2 rings (SSSR count). The average molecular weight is 386 g/mol. The molecule has 0 saturated carbocycles. The second kappa shape index (κ2) is 9.36. The topological polar surface area (TPSA) is 143 Å². The van der Waals surface area contributed by atoms with Crippen LogP contribution in [-0.2, 0) is 11.2 Å². The SMILES string of the molecule is C#Cc1cc(CC#N)cc(NC(=O)O)c1NC(=O)CC(=O)c1cccc(C#N)c1. The number of carbonyl (C=O) groups is 3. The quantitative estimate of drug-likeness (QED) is 0.396. The molecule has 0 aromatic heterocycles. The van der Waals surface area contributed by atoms with E-state index in [2.05, 4.69) is 16.6 Å². The van der Waals surface area contributed by atoms with Gasteiger partial charge in [-0.15, -0.1) is 6.42 Å². The number of ketones is 1. The summed E-state index contributed by atoms with van der Waals surface area (Å²) >= 11 is 0. The standard InChI is InChI=1S/C21H14N4O4/c1-2-15-8-13(6-7-22)10-17(24-21(28)29)20(15)25-19(27)11-18(26)16-5-3-4-14(9-16)12-23/h1,3-5,8-10,24H,6,11H2,(H,25,27)(H,28,29). The lowest BCUT2D eigenvalue weighted by atomic mass is 10.0. The van der Waals surface area contributed by atoms with Gasteiger partial charge in [0, 0.05) is 5.56 Å². The third-order valence-electron chi connectivity index (χ3n) is 3.78. The molecule has 2 amide bonds. The first-order chi connectivity index (χ1) is 13.9. The van der Waals surface area contributed by atoms with E-state index < -0.39 is 24.2 Å². The second-order valence-corrected chi connectivity index (χ2v) is 5.82. The number of nitrogens with zero attached hydrogens (tertiary/aromatic N) is 2. The van der Waals surface area contributed by atoms with E-state index in [-0.39, 0.29) is 34.5 Å². The van der Waals surface area contributed by atoms with Crippen LogP contribution in [0.1, 0.15) is 33.5 Å². The number of hydrogen-bond donors (Lipinski definition) is 3. The van der Waals surface area contributed by atoms with Crippen molar-refractivity contribution >= 4 is 29.2 Å². The summed E-state index contributed by atoms with van der Waals surface area (Å²) in [5, 5.41) is 31.4. The number of terminal acetylenes is 1. The lowest BCUT2D eigenvalue weighted by Gasteiger charge is -2.14. The third kappa shape index (κ3) is 5.43. The van der Waals surface area contributed by atoms with Crippen molar-refractivity contribution in [2.75, 3.05) is 10.6 Å². The van der Waals surface area contributed by atoms with Crippen molar-refractivity contribution in [2.24, 2.45) is 0 Å². The number of rotatable bonds is 6. The van der Waals surface area contributed by atoms with E-state index in [4.69, 9.17) is 22.1 Å². The molecule has 0 radical (unpaired) electrons. The van der Waals surface area contributed by atoms with Gasteiger partial charge in [0.25, 0.3) is 0 Å². The Balaban J connectivity index is 2.29. The molecular weight excluding hydrogens is 372 g/mol. The number of carboxylic acid groups (broad SMARTS) is 1. The fourth-order valence-electron chi connectivity index (χ4n) is 2.55. The number of nitrogens with one attached hydrogen (secondary N) is 2. The third-order valence-corrected chi connectivity index (χ3v) is 3.78. The van der Waals surface area contributed by atoms with Gasteiger partial charge >= 0.3 is 6.09 Å². The summed E-state index contributed by atoms with van der Waals surface area (Å²) in [6.07, 6.45) is 3.53. The average Bonchev–Trinajstić information content (AvgIpc) is 2.69. The summed E-state index contributed by atoms with van der Waals surface area (Å²) < 4.78 is 0. The molecule has 0 atom stereocenters. The number of amides is 2. The molecular formula is C21H14N4O4. The molecule has 0 aliphatic rings. The molecule has 3 N–H and O–H groups in total. The van der Waals surface area contributed by atoms with E-state index in [1.807, 2.05) is 12.1 Å². The number of hydrogen-bond acceptors (Lipinski definition) is 5. The highest BCUT2D eigenvalue weighted by molar-refractivity contribution is 6.12. The molecule has 0 fully saturated rings. The molecule has 0 aliphatic carbocycles. The van der Waals surface area contributed by atoms with E-state index in [0.717, 1.165) is 0 Å². The second-order valence-electron chi connectivity index (χ2n) is 5.82. The molecule has 29 heavy (non-hydrogen) atoms. The van der Waals surface area contributed by atoms with Gasteiger partial charge in [-0.25, -0.2) is 4.79 Å². The molecule has 8 nitrogen and oxygen atoms in total. The van der Waals surface area contributed by atoms with Crippen LogP contribution in [0.2, 0.25) is 0 Å².